The van der Waals surface area contributed by atoms with Crippen LogP contribution >= 0.6 is 22.9 Å². The summed E-state index contributed by atoms with van der Waals surface area (Å²) in [7, 11) is 1.74. The van der Waals surface area contributed by atoms with Crippen LogP contribution in [0.2, 0.25) is 4.34 Å². The second kappa shape index (κ2) is 5.30. The number of halogens is 1. The third kappa shape index (κ3) is 3.18. The van der Waals surface area contributed by atoms with Crippen LogP contribution < -0.4 is 5.32 Å². The molecule has 1 heterocycles. The van der Waals surface area contributed by atoms with Gasteiger partial charge in [0.1, 0.15) is 0 Å². The first kappa shape index (κ1) is 13.0. The maximum Gasteiger partial charge on any atom is 0.0931 e. The summed E-state index contributed by atoms with van der Waals surface area (Å²) in [6, 6.07) is 4.17. The highest BCUT2D eigenvalue weighted by atomic mass is 35.5. The molecule has 0 saturated heterocycles. The van der Waals surface area contributed by atoms with Crippen molar-refractivity contribution in [3.05, 3.63) is 21.3 Å². The first-order valence-corrected chi connectivity index (χ1v) is 6.24. The molecule has 1 rings (SSSR count). The lowest BCUT2D eigenvalue weighted by Gasteiger charge is -2.33. The SMILES string of the molecule is CCNC(c1ccc(Cl)s1)C(C)(C)OC. The Morgan fingerprint density at radius 3 is 2.60 bits per heavy atom. The zero-order chi connectivity index (χ0) is 11.5. The summed E-state index contributed by atoms with van der Waals surface area (Å²) in [4.78, 5) is 1.22. The molecule has 4 heteroatoms. The Labute approximate surface area is 101 Å². The van der Waals surface area contributed by atoms with E-state index in [2.05, 4.69) is 32.2 Å². The monoisotopic (exact) mass is 247 g/mol. The molecule has 1 unspecified atom stereocenters. The number of hydrogen-bond acceptors (Lipinski definition) is 3. The number of ether oxygens (including phenoxy) is 1. The second-order valence-electron chi connectivity index (χ2n) is 3.94. The highest BCUT2D eigenvalue weighted by Crippen LogP contribution is 2.34. The van der Waals surface area contributed by atoms with Crippen molar-refractivity contribution in [1.82, 2.24) is 5.32 Å². The molecule has 0 aliphatic carbocycles. The van der Waals surface area contributed by atoms with Gasteiger partial charge < -0.3 is 10.1 Å². The average Bonchev–Trinajstić information content (AvgIpc) is 2.60. The zero-order valence-corrected chi connectivity index (χ0v) is 11.2. The Hall–Kier alpha value is -0.0900. The van der Waals surface area contributed by atoms with Gasteiger partial charge in [0.15, 0.2) is 0 Å². The molecule has 1 aromatic heterocycles. The molecule has 0 radical (unpaired) electrons. The molecule has 1 aromatic rings. The van der Waals surface area contributed by atoms with Crippen LogP contribution in [0.15, 0.2) is 12.1 Å². The highest BCUT2D eigenvalue weighted by Gasteiger charge is 2.30. The van der Waals surface area contributed by atoms with E-state index in [4.69, 9.17) is 16.3 Å². The van der Waals surface area contributed by atoms with Gasteiger partial charge in [-0.05, 0) is 32.5 Å². The first-order valence-electron chi connectivity index (χ1n) is 5.05. The lowest BCUT2D eigenvalue weighted by Crippen LogP contribution is -2.40. The van der Waals surface area contributed by atoms with Gasteiger partial charge in [0.2, 0.25) is 0 Å². The van der Waals surface area contributed by atoms with Crippen LogP contribution in [-0.2, 0) is 4.74 Å². The van der Waals surface area contributed by atoms with Crippen LogP contribution in [-0.4, -0.2) is 19.3 Å². The molecule has 86 valence electrons. The number of nitrogens with one attached hydrogen (secondary N) is 1. The van der Waals surface area contributed by atoms with Gasteiger partial charge in [-0.2, -0.15) is 0 Å². The van der Waals surface area contributed by atoms with Crippen LogP contribution in [0, 0.1) is 0 Å². The van der Waals surface area contributed by atoms with Crippen molar-refractivity contribution in [2.24, 2.45) is 0 Å². The Balaban J connectivity index is 2.92. The highest BCUT2D eigenvalue weighted by molar-refractivity contribution is 7.16. The lowest BCUT2D eigenvalue weighted by molar-refractivity contribution is -0.00965. The van der Waals surface area contributed by atoms with Crippen LogP contribution in [0.4, 0.5) is 0 Å². The number of hydrogen-bond donors (Lipinski definition) is 1. The summed E-state index contributed by atoms with van der Waals surface area (Å²) in [6.45, 7) is 7.16. The standard InChI is InChI=1S/C11H18ClNOS/c1-5-13-10(11(2,3)14-4)8-6-7-9(12)15-8/h6-7,10,13H,5H2,1-4H3. The largest absolute Gasteiger partial charge is 0.377 e. The molecule has 0 spiro atoms. The van der Waals surface area contributed by atoms with Gasteiger partial charge in [-0.3, -0.25) is 0 Å². The molecule has 0 aromatic carbocycles. The summed E-state index contributed by atoms with van der Waals surface area (Å²) in [5, 5.41) is 3.43. The van der Waals surface area contributed by atoms with Gasteiger partial charge in [-0.15, -0.1) is 11.3 Å². The summed E-state index contributed by atoms with van der Waals surface area (Å²) in [5.74, 6) is 0. The molecule has 0 amide bonds. The molecular formula is C11H18ClNOS. The topological polar surface area (TPSA) is 21.3 Å². The van der Waals surface area contributed by atoms with Gasteiger partial charge in [0.05, 0.1) is 16.0 Å². The number of likely N-dealkylation sites (N-methyl/N-ethyl adjacent to an activating group) is 1. The van der Waals surface area contributed by atoms with E-state index in [0.29, 0.717) is 0 Å². The summed E-state index contributed by atoms with van der Waals surface area (Å²) < 4.78 is 6.34. The molecule has 0 aliphatic heterocycles. The van der Waals surface area contributed by atoms with Crippen LogP contribution in [0.1, 0.15) is 31.7 Å². The molecule has 15 heavy (non-hydrogen) atoms. The Bertz CT molecular complexity index is 311. The van der Waals surface area contributed by atoms with E-state index in [1.807, 2.05) is 6.07 Å². The second-order valence-corrected chi connectivity index (χ2v) is 5.69. The molecular weight excluding hydrogens is 230 g/mol. The van der Waals surface area contributed by atoms with E-state index in [1.54, 1.807) is 18.4 Å². The Kier molecular flexibility index (Phi) is 4.59. The van der Waals surface area contributed by atoms with Crippen molar-refractivity contribution >= 4 is 22.9 Å². The maximum absolute atomic E-state index is 5.95. The van der Waals surface area contributed by atoms with Crippen LogP contribution in [0.3, 0.4) is 0 Å². The molecule has 2 nitrogen and oxygen atoms in total. The van der Waals surface area contributed by atoms with Crippen molar-refractivity contribution in [3.8, 4) is 0 Å². The van der Waals surface area contributed by atoms with E-state index in [0.717, 1.165) is 10.9 Å². The minimum absolute atomic E-state index is 0.185. The lowest BCUT2D eigenvalue weighted by atomic mass is 9.97. The molecule has 0 aliphatic rings. The van der Waals surface area contributed by atoms with Crippen molar-refractivity contribution in [2.75, 3.05) is 13.7 Å². The predicted octanol–water partition coefficient (Wildman–Crippen LogP) is 3.48. The van der Waals surface area contributed by atoms with E-state index < -0.39 is 0 Å². The van der Waals surface area contributed by atoms with E-state index in [-0.39, 0.29) is 11.6 Å². The fourth-order valence-electron chi connectivity index (χ4n) is 1.49. The molecule has 0 saturated carbocycles. The van der Waals surface area contributed by atoms with Crippen LogP contribution in [0.25, 0.3) is 0 Å². The smallest absolute Gasteiger partial charge is 0.0931 e. The molecule has 1 atom stereocenters. The van der Waals surface area contributed by atoms with Crippen molar-refractivity contribution in [1.29, 1.82) is 0 Å². The fourth-order valence-corrected chi connectivity index (χ4v) is 2.81. The third-order valence-corrected chi connectivity index (χ3v) is 3.80. The Morgan fingerprint density at radius 1 is 1.53 bits per heavy atom. The predicted molar refractivity (Wildman–Crippen MR) is 66.8 cm³/mol. The van der Waals surface area contributed by atoms with Crippen molar-refractivity contribution in [3.63, 3.8) is 0 Å². The van der Waals surface area contributed by atoms with E-state index in [1.165, 1.54) is 4.88 Å². The van der Waals surface area contributed by atoms with Gasteiger partial charge in [-0.25, -0.2) is 0 Å². The average molecular weight is 248 g/mol. The molecule has 1 N–H and O–H groups in total. The quantitative estimate of drug-likeness (QED) is 0.860. The molecule has 0 bridgehead atoms. The normalized spacial score (nSPS) is 14.2. The fraction of sp³-hybridized carbons (Fsp3) is 0.636. The van der Waals surface area contributed by atoms with Crippen molar-refractivity contribution in [2.45, 2.75) is 32.4 Å². The minimum Gasteiger partial charge on any atom is -0.377 e. The van der Waals surface area contributed by atoms with Gasteiger partial charge in [0.25, 0.3) is 0 Å². The van der Waals surface area contributed by atoms with Crippen molar-refractivity contribution < 1.29 is 4.74 Å². The summed E-state index contributed by atoms with van der Waals surface area (Å²) in [6.07, 6.45) is 0. The summed E-state index contributed by atoms with van der Waals surface area (Å²) in [5.41, 5.74) is -0.232. The maximum atomic E-state index is 5.95. The number of thiophene rings is 1. The van der Waals surface area contributed by atoms with E-state index >= 15 is 0 Å². The number of methoxy groups -OCH3 is 1. The van der Waals surface area contributed by atoms with Gasteiger partial charge in [-0.1, -0.05) is 18.5 Å². The Morgan fingerprint density at radius 2 is 2.20 bits per heavy atom. The zero-order valence-electron chi connectivity index (χ0n) is 9.63. The van der Waals surface area contributed by atoms with E-state index in [9.17, 15) is 0 Å². The summed E-state index contributed by atoms with van der Waals surface area (Å²) >= 11 is 7.55. The van der Waals surface area contributed by atoms with Gasteiger partial charge >= 0.3 is 0 Å². The van der Waals surface area contributed by atoms with Gasteiger partial charge in [0, 0.05) is 12.0 Å². The van der Waals surface area contributed by atoms with Crippen LogP contribution in [0.5, 0.6) is 0 Å². The minimum atomic E-state index is -0.232. The number of rotatable bonds is 5. The molecule has 0 fully saturated rings. The third-order valence-electron chi connectivity index (χ3n) is 2.51. The first-order chi connectivity index (χ1) is 7.01.